The van der Waals surface area contributed by atoms with Crippen LogP contribution in [0.4, 0.5) is 0 Å². The molecule has 23 heavy (non-hydrogen) atoms. The van der Waals surface area contributed by atoms with Gasteiger partial charge in [-0.1, -0.05) is 24.3 Å². The van der Waals surface area contributed by atoms with Gasteiger partial charge in [-0.05, 0) is 29.8 Å². The minimum absolute atomic E-state index is 0.344. The second-order valence-corrected chi connectivity index (χ2v) is 5.95. The molecule has 2 heterocycles. The molecule has 2 aromatic carbocycles. The number of aryl methyl sites for hydroxylation is 1. The van der Waals surface area contributed by atoms with Crippen molar-refractivity contribution in [2.24, 2.45) is 0 Å². The third-order valence-corrected chi connectivity index (χ3v) is 4.50. The topological polar surface area (TPSA) is 87.7 Å². The first-order valence-corrected chi connectivity index (χ1v) is 7.60. The largest absolute Gasteiger partial charge is 0.394 e. The quantitative estimate of drug-likeness (QED) is 0.659. The molecule has 4 atom stereocenters. The van der Waals surface area contributed by atoms with Crippen molar-refractivity contribution in [3.8, 4) is 0 Å². The van der Waals surface area contributed by atoms with Gasteiger partial charge in [0.2, 0.25) is 0 Å². The molecule has 3 aromatic rings. The van der Waals surface area contributed by atoms with E-state index in [0.717, 1.165) is 21.8 Å². The number of aliphatic hydroxyl groups is 3. The van der Waals surface area contributed by atoms with Gasteiger partial charge in [0.15, 0.2) is 6.23 Å². The van der Waals surface area contributed by atoms with Crippen LogP contribution in [0.2, 0.25) is 0 Å². The van der Waals surface area contributed by atoms with E-state index in [1.807, 2.05) is 43.3 Å². The van der Waals surface area contributed by atoms with E-state index in [2.05, 4.69) is 4.98 Å². The Labute approximate surface area is 132 Å². The standard InChI is InChI=1S/C17H18N2O4/c1-9-18-12-6-10-4-2-3-5-11(10)7-13(12)19(9)17-16(22)15(21)14(8-20)23-17/h2-7,14-17,20-22H,8H2,1H3. The predicted octanol–water partition coefficient (Wildman–Crippen LogP) is 1.11. The zero-order chi connectivity index (χ0) is 16.1. The summed E-state index contributed by atoms with van der Waals surface area (Å²) < 4.78 is 7.44. The van der Waals surface area contributed by atoms with Gasteiger partial charge in [0.25, 0.3) is 0 Å². The first kappa shape index (κ1) is 14.6. The van der Waals surface area contributed by atoms with Gasteiger partial charge in [0.1, 0.15) is 24.1 Å². The van der Waals surface area contributed by atoms with Gasteiger partial charge in [-0.2, -0.15) is 0 Å². The SMILES string of the molecule is Cc1nc2cc3ccccc3cc2n1C1OC(CO)C(O)C1O. The van der Waals surface area contributed by atoms with Crippen LogP contribution in [0.15, 0.2) is 36.4 Å². The lowest BCUT2D eigenvalue weighted by atomic mass is 10.1. The molecular weight excluding hydrogens is 296 g/mol. The Bertz CT molecular complexity index is 876. The first-order valence-electron chi connectivity index (χ1n) is 7.60. The number of fused-ring (bicyclic) bond motifs is 2. The molecule has 4 unspecified atom stereocenters. The molecule has 120 valence electrons. The van der Waals surface area contributed by atoms with Crippen LogP contribution in [0.25, 0.3) is 21.8 Å². The lowest BCUT2D eigenvalue weighted by molar-refractivity contribution is -0.0517. The minimum Gasteiger partial charge on any atom is -0.394 e. The summed E-state index contributed by atoms with van der Waals surface area (Å²) in [5.41, 5.74) is 1.63. The highest BCUT2D eigenvalue weighted by molar-refractivity contribution is 5.95. The molecule has 1 saturated heterocycles. The highest BCUT2D eigenvalue weighted by Gasteiger charge is 2.44. The van der Waals surface area contributed by atoms with Crippen molar-refractivity contribution in [2.45, 2.75) is 31.5 Å². The molecule has 0 saturated carbocycles. The summed E-state index contributed by atoms with van der Waals surface area (Å²) in [7, 11) is 0. The summed E-state index contributed by atoms with van der Waals surface area (Å²) in [6.45, 7) is 1.49. The fourth-order valence-corrected chi connectivity index (χ4v) is 3.32. The molecule has 1 fully saturated rings. The average molecular weight is 314 g/mol. The summed E-state index contributed by atoms with van der Waals surface area (Å²) in [5.74, 6) is 0.685. The second kappa shape index (κ2) is 5.28. The number of hydrogen-bond donors (Lipinski definition) is 3. The van der Waals surface area contributed by atoms with Crippen molar-refractivity contribution in [1.82, 2.24) is 9.55 Å². The Morgan fingerprint density at radius 1 is 1.13 bits per heavy atom. The number of ether oxygens (including phenoxy) is 1. The van der Waals surface area contributed by atoms with E-state index >= 15 is 0 Å². The third kappa shape index (κ3) is 2.14. The number of nitrogens with zero attached hydrogens (tertiary/aromatic N) is 2. The molecule has 1 aromatic heterocycles. The van der Waals surface area contributed by atoms with Gasteiger partial charge in [0, 0.05) is 0 Å². The van der Waals surface area contributed by atoms with E-state index in [1.165, 1.54) is 0 Å². The normalized spacial score (nSPS) is 28.0. The van der Waals surface area contributed by atoms with Crippen LogP contribution >= 0.6 is 0 Å². The van der Waals surface area contributed by atoms with Gasteiger partial charge < -0.3 is 20.1 Å². The minimum atomic E-state index is -1.12. The lowest BCUT2D eigenvalue weighted by Gasteiger charge is -2.19. The Kier molecular flexibility index (Phi) is 3.35. The molecule has 6 nitrogen and oxygen atoms in total. The van der Waals surface area contributed by atoms with Crippen molar-refractivity contribution >= 4 is 21.8 Å². The highest BCUT2D eigenvalue weighted by atomic mass is 16.6. The summed E-state index contributed by atoms with van der Waals surface area (Å²) in [5, 5.41) is 31.7. The van der Waals surface area contributed by atoms with Crippen LogP contribution in [0, 0.1) is 6.92 Å². The van der Waals surface area contributed by atoms with E-state index < -0.39 is 24.5 Å². The van der Waals surface area contributed by atoms with Crippen LogP contribution in [0.1, 0.15) is 12.1 Å². The smallest absolute Gasteiger partial charge is 0.164 e. The Morgan fingerprint density at radius 3 is 2.48 bits per heavy atom. The Morgan fingerprint density at radius 2 is 1.83 bits per heavy atom. The van der Waals surface area contributed by atoms with Gasteiger partial charge >= 0.3 is 0 Å². The van der Waals surface area contributed by atoms with Crippen LogP contribution in [0.5, 0.6) is 0 Å². The van der Waals surface area contributed by atoms with Crippen molar-refractivity contribution in [3.05, 3.63) is 42.2 Å². The molecule has 6 heteroatoms. The monoisotopic (exact) mass is 314 g/mol. The van der Waals surface area contributed by atoms with E-state index in [9.17, 15) is 15.3 Å². The van der Waals surface area contributed by atoms with Crippen molar-refractivity contribution in [1.29, 1.82) is 0 Å². The maximum Gasteiger partial charge on any atom is 0.164 e. The van der Waals surface area contributed by atoms with Crippen LogP contribution in [0.3, 0.4) is 0 Å². The molecule has 3 N–H and O–H groups in total. The van der Waals surface area contributed by atoms with Gasteiger partial charge in [0.05, 0.1) is 17.6 Å². The number of aliphatic hydroxyl groups excluding tert-OH is 3. The average Bonchev–Trinajstić information content (AvgIpc) is 3.01. The highest BCUT2D eigenvalue weighted by Crippen LogP contribution is 2.34. The number of hydrogen-bond acceptors (Lipinski definition) is 5. The predicted molar refractivity (Wildman–Crippen MR) is 85.0 cm³/mol. The zero-order valence-electron chi connectivity index (χ0n) is 12.6. The number of benzene rings is 2. The second-order valence-electron chi connectivity index (χ2n) is 5.95. The lowest BCUT2D eigenvalue weighted by Crippen LogP contribution is -2.33. The fraction of sp³-hybridized carbons (Fsp3) is 0.353. The molecule has 1 aliphatic rings. The van der Waals surface area contributed by atoms with Crippen molar-refractivity contribution in [2.75, 3.05) is 6.61 Å². The summed E-state index contributed by atoms with van der Waals surface area (Å²) in [4.78, 5) is 4.55. The number of rotatable bonds is 2. The van der Waals surface area contributed by atoms with E-state index in [-0.39, 0.29) is 6.61 Å². The summed E-state index contributed by atoms with van der Waals surface area (Å²) in [6.07, 6.45) is -3.81. The van der Waals surface area contributed by atoms with Gasteiger partial charge in [-0.25, -0.2) is 4.98 Å². The molecule has 0 spiro atoms. The van der Waals surface area contributed by atoms with Crippen LogP contribution in [-0.2, 0) is 4.74 Å². The number of aromatic nitrogens is 2. The first-order chi connectivity index (χ1) is 11.1. The van der Waals surface area contributed by atoms with Crippen LogP contribution < -0.4 is 0 Å². The molecule has 0 radical (unpaired) electrons. The molecular formula is C17H18N2O4. The zero-order valence-corrected chi connectivity index (χ0v) is 12.6. The summed E-state index contributed by atoms with van der Waals surface area (Å²) >= 11 is 0. The summed E-state index contributed by atoms with van der Waals surface area (Å²) in [6, 6.07) is 12.0. The fourth-order valence-electron chi connectivity index (χ4n) is 3.32. The van der Waals surface area contributed by atoms with Crippen molar-refractivity contribution < 1.29 is 20.1 Å². The van der Waals surface area contributed by atoms with Crippen molar-refractivity contribution in [3.63, 3.8) is 0 Å². The van der Waals surface area contributed by atoms with E-state index in [1.54, 1.807) is 4.57 Å². The van der Waals surface area contributed by atoms with Crippen LogP contribution in [-0.4, -0.2) is 49.8 Å². The molecule has 0 amide bonds. The van der Waals surface area contributed by atoms with E-state index in [4.69, 9.17) is 4.74 Å². The Balaban J connectivity index is 1.89. The van der Waals surface area contributed by atoms with Gasteiger partial charge in [-0.3, -0.25) is 4.57 Å². The molecule has 4 rings (SSSR count). The Hall–Kier alpha value is -1.99. The maximum absolute atomic E-state index is 10.3. The third-order valence-electron chi connectivity index (χ3n) is 4.50. The number of imidazole rings is 1. The molecule has 1 aliphatic heterocycles. The van der Waals surface area contributed by atoms with Gasteiger partial charge in [-0.15, -0.1) is 0 Å². The molecule has 0 aliphatic carbocycles. The maximum atomic E-state index is 10.3. The molecule has 0 bridgehead atoms. The van der Waals surface area contributed by atoms with E-state index in [0.29, 0.717) is 5.82 Å².